The molecule has 1 saturated heterocycles. The van der Waals surface area contributed by atoms with Gasteiger partial charge in [0.25, 0.3) is 0 Å². The molecule has 0 aliphatic carbocycles. The number of ether oxygens (including phenoxy) is 1. The van der Waals surface area contributed by atoms with Gasteiger partial charge >= 0.3 is 0 Å². The highest BCUT2D eigenvalue weighted by molar-refractivity contribution is 14.0. The van der Waals surface area contributed by atoms with E-state index in [1.54, 1.807) is 19.2 Å². The molecule has 1 aliphatic rings. The summed E-state index contributed by atoms with van der Waals surface area (Å²) in [4.78, 5) is 4.24. The van der Waals surface area contributed by atoms with Crippen molar-refractivity contribution in [2.24, 2.45) is 10.4 Å². The molecule has 0 bridgehead atoms. The maximum absolute atomic E-state index is 13.4. The molecule has 2 N–H and O–H groups in total. The van der Waals surface area contributed by atoms with Crippen LogP contribution in [0.25, 0.3) is 0 Å². The lowest BCUT2D eigenvalue weighted by molar-refractivity contribution is -0.0971. The quantitative estimate of drug-likeness (QED) is 0.425. The molecule has 23 heavy (non-hydrogen) atoms. The van der Waals surface area contributed by atoms with E-state index in [0.29, 0.717) is 6.54 Å². The van der Waals surface area contributed by atoms with E-state index in [4.69, 9.17) is 4.74 Å². The van der Waals surface area contributed by atoms with Crippen LogP contribution in [0.1, 0.15) is 26.3 Å². The molecule has 130 valence electrons. The molecule has 1 fully saturated rings. The Balaban J connectivity index is 0.00000264. The van der Waals surface area contributed by atoms with Gasteiger partial charge in [-0.05, 0) is 17.7 Å². The van der Waals surface area contributed by atoms with Crippen molar-refractivity contribution in [3.05, 3.63) is 35.6 Å². The Morgan fingerprint density at radius 2 is 2.04 bits per heavy atom. The standard InChI is InChI=1S/C17H26FN3O.HI/c1-16(2,13-6-5-7-14(18)8-13)9-20-15(19-4)21-10-17(3)11-22-12-17;/h5-8H,9-12H2,1-4H3,(H2,19,20,21);1H. The summed E-state index contributed by atoms with van der Waals surface area (Å²) in [5.74, 6) is 0.559. The zero-order chi connectivity index (χ0) is 16.2. The van der Waals surface area contributed by atoms with Crippen LogP contribution >= 0.6 is 24.0 Å². The molecule has 0 unspecified atom stereocenters. The van der Waals surface area contributed by atoms with Crippen molar-refractivity contribution in [3.63, 3.8) is 0 Å². The lowest BCUT2D eigenvalue weighted by Crippen LogP contribution is -2.52. The highest BCUT2D eigenvalue weighted by atomic mass is 127. The molecule has 1 aromatic rings. The summed E-state index contributed by atoms with van der Waals surface area (Å²) in [5, 5.41) is 6.66. The minimum atomic E-state index is -0.203. The van der Waals surface area contributed by atoms with Gasteiger partial charge in [-0.2, -0.15) is 0 Å². The van der Waals surface area contributed by atoms with Crippen molar-refractivity contribution in [1.29, 1.82) is 0 Å². The van der Waals surface area contributed by atoms with Crippen molar-refractivity contribution in [2.45, 2.75) is 26.2 Å². The van der Waals surface area contributed by atoms with Crippen LogP contribution in [0.3, 0.4) is 0 Å². The fourth-order valence-corrected chi connectivity index (χ4v) is 2.39. The van der Waals surface area contributed by atoms with Gasteiger partial charge in [0.2, 0.25) is 0 Å². The molecule has 4 nitrogen and oxygen atoms in total. The predicted molar refractivity (Wildman–Crippen MR) is 103 cm³/mol. The van der Waals surface area contributed by atoms with Crippen molar-refractivity contribution < 1.29 is 9.13 Å². The van der Waals surface area contributed by atoms with Gasteiger partial charge in [-0.1, -0.05) is 32.9 Å². The first-order chi connectivity index (χ1) is 10.3. The van der Waals surface area contributed by atoms with E-state index in [1.807, 2.05) is 6.07 Å². The van der Waals surface area contributed by atoms with Crippen LogP contribution in [0.5, 0.6) is 0 Å². The first-order valence-corrected chi connectivity index (χ1v) is 7.63. The first-order valence-electron chi connectivity index (χ1n) is 7.63. The van der Waals surface area contributed by atoms with Crippen LogP contribution in [0.15, 0.2) is 29.3 Å². The number of nitrogens with zero attached hydrogens (tertiary/aromatic N) is 1. The van der Waals surface area contributed by atoms with E-state index < -0.39 is 0 Å². The Bertz CT molecular complexity index is 544. The topological polar surface area (TPSA) is 45.7 Å². The van der Waals surface area contributed by atoms with Gasteiger partial charge in [0, 0.05) is 31.0 Å². The smallest absolute Gasteiger partial charge is 0.191 e. The third-order valence-electron chi connectivity index (χ3n) is 4.11. The molecule has 2 rings (SSSR count). The molecule has 0 saturated carbocycles. The highest BCUT2D eigenvalue weighted by Gasteiger charge is 2.33. The van der Waals surface area contributed by atoms with Gasteiger partial charge in [0.1, 0.15) is 5.82 Å². The van der Waals surface area contributed by atoms with Crippen LogP contribution in [0.2, 0.25) is 0 Å². The summed E-state index contributed by atoms with van der Waals surface area (Å²) < 4.78 is 18.6. The highest BCUT2D eigenvalue weighted by Crippen LogP contribution is 2.25. The number of hydrogen-bond donors (Lipinski definition) is 2. The first kappa shape index (κ1) is 20.2. The van der Waals surface area contributed by atoms with Crippen molar-refractivity contribution in [3.8, 4) is 0 Å². The summed E-state index contributed by atoms with van der Waals surface area (Å²) in [7, 11) is 1.75. The molecule has 0 aromatic heterocycles. The molecular formula is C17H27FIN3O. The minimum absolute atomic E-state index is 0. The van der Waals surface area contributed by atoms with Crippen LogP contribution in [-0.4, -0.2) is 39.3 Å². The zero-order valence-corrected chi connectivity index (χ0v) is 16.6. The number of halogens is 2. The average molecular weight is 435 g/mol. The molecule has 1 heterocycles. The van der Waals surface area contributed by atoms with E-state index in [-0.39, 0.29) is 40.6 Å². The van der Waals surface area contributed by atoms with Crippen molar-refractivity contribution in [1.82, 2.24) is 10.6 Å². The van der Waals surface area contributed by atoms with Gasteiger partial charge in [0.05, 0.1) is 13.2 Å². The second kappa shape index (κ2) is 8.28. The Labute approximate surface area is 155 Å². The second-order valence-electron chi connectivity index (χ2n) is 6.98. The number of benzene rings is 1. The molecule has 1 aromatic carbocycles. The van der Waals surface area contributed by atoms with Crippen molar-refractivity contribution in [2.75, 3.05) is 33.4 Å². The van der Waals surface area contributed by atoms with E-state index in [2.05, 4.69) is 36.4 Å². The molecule has 0 radical (unpaired) electrons. The zero-order valence-electron chi connectivity index (χ0n) is 14.3. The number of nitrogens with one attached hydrogen (secondary N) is 2. The van der Waals surface area contributed by atoms with Gasteiger partial charge in [-0.25, -0.2) is 4.39 Å². The number of aliphatic imine (C=N–C) groups is 1. The fraction of sp³-hybridized carbons (Fsp3) is 0.588. The molecule has 1 aliphatic heterocycles. The summed E-state index contributed by atoms with van der Waals surface area (Å²) in [6.07, 6.45) is 0. The largest absolute Gasteiger partial charge is 0.380 e. The van der Waals surface area contributed by atoms with Gasteiger partial charge in [-0.3, -0.25) is 4.99 Å². The Morgan fingerprint density at radius 3 is 2.57 bits per heavy atom. The Kier molecular flexibility index (Phi) is 7.26. The van der Waals surface area contributed by atoms with Crippen LogP contribution in [-0.2, 0) is 10.2 Å². The van der Waals surface area contributed by atoms with Gasteiger partial charge in [0.15, 0.2) is 5.96 Å². The number of rotatable bonds is 5. The fourth-order valence-electron chi connectivity index (χ4n) is 2.39. The maximum Gasteiger partial charge on any atom is 0.191 e. The van der Waals surface area contributed by atoms with E-state index in [9.17, 15) is 4.39 Å². The van der Waals surface area contributed by atoms with Crippen LogP contribution in [0, 0.1) is 11.2 Å². The molecule has 0 spiro atoms. The summed E-state index contributed by atoms with van der Waals surface area (Å²) in [5.41, 5.74) is 0.966. The minimum Gasteiger partial charge on any atom is -0.380 e. The lowest BCUT2D eigenvalue weighted by Gasteiger charge is -2.38. The molecule has 0 atom stereocenters. The lowest BCUT2D eigenvalue weighted by atomic mass is 9.84. The van der Waals surface area contributed by atoms with Crippen molar-refractivity contribution >= 4 is 29.9 Å². The van der Waals surface area contributed by atoms with E-state index in [1.165, 1.54) is 6.07 Å². The predicted octanol–water partition coefficient (Wildman–Crippen LogP) is 2.92. The third kappa shape index (κ3) is 5.60. The van der Waals surface area contributed by atoms with E-state index >= 15 is 0 Å². The number of hydrogen-bond acceptors (Lipinski definition) is 2. The monoisotopic (exact) mass is 435 g/mol. The molecule has 0 amide bonds. The van der Waals surface area contributed by atoms with Gasteiger partial charge in [-0.15, -0.1) is 24.0 Å². The molecule has 6 heteroatoms. The maximum atomic E-state index is 13.4. The van der Waals surface area contributed by atoms with Crippen LogP contribution < -0.4 is 10.6 Å². The average Bonchev–Trinajstić information content (AvgIpc) is 2.45. The number of guanidine groups is 1. The Morgan fingerprint density at radius 1 is 1.35 bits per heavy atom. The SMILES string of the molecule is CN=C(NCC1(C)COC1)NCC(C)(C)c1cccc(F)c1.I. The second-order valence-corrected chi connectivity index (χ2v) is 6.98. The Hall–Kier alpha value is -0.890. The summed E-state index contributed by atoms with van der Waals surface area (Å²) in [6.45, 7) is 9.42. The van der Waals surface area contributed by atoms with E-state index in [0.717, 1.165) is 31.3 Å². The summed E-state index contributed by atoms with van der Waals surface area (Å²) >= 11 is 0. The van der Waals surface area contributed by atoms with Crippen LogP contribution in [0.4, 0.5) is 4.39 Å². The van der Waals surface area contributed by atoms with Gasteiger partial charge < -0.3 is 15.4 Å². The molecular weight excluding hydrogens is 408 g/mol. The normalized spacial score (nSPS) is 17.0. The summed E-state index contributed by atoms with van der Waals surface area (Å²) in [6, 6.07) is 6.75. The third-order valence-corrected chi connectivity index (χ3v) is 4.11.